The standard InChI is InChI=1S/C14H29N4PS/c1-13(2)10-12(11-14(3,4)15-13)16(5)19(20,17-6-7-17)18-8-9-18/h12,15H,6-11H2,1-5H3. The normalized spacial score (nSPS) is 30.7. The van der Waals surface area contributed by atoms with Gasteiger partial charge < -0.3 is 5.32 Å². The second-order valence-corrected chi connectivity index (χ2v) is 12.2. The number of nitrogens with zero attached hydrogens (tertiary/aromatic N) is 3. The minimum Gasteiger partial charge on any atom is -0.307 e. The van der Waals surface area contributed by atoms with E-state index < -0.39 is 6.49 Å². The Kier molecular flexibility index (Phi) is 3.65. The Hall–Kier alpha value is 0.490. The lowest BCUT2D eigenvalue weighted by atomic mass is 9.80. The van der Waals surface area contributed by atoms with Crippen LogP contribution in [0.2, 0.25) is 0 Å². The maximum Gasteiger partial charge on any atom is 0.145 e. The van der Waals surface area contributed by atoms with Crippen LogP contribution in [-0.4, -0.2) is 64.4 Å². The van der Waals surface area contributed by atoms with Crippen molar-refractivity contribution in [3.8, 4) is 0 Å². The zero-order valence-electron chi connectivity index (χ0n) is 13.5. The van der Waals surface area contributed by atoms with E-state index in [9.17, 15) is 0 Å². The highest BCUT2D eigenvalue weighted by Crippen LogP contribution is 2.64. The molecule has 4 nitrogen and oxygen atoms in total. The average Bonchev–Trinajstić information content (AvgIpc) is 3.14. The predicted molar refractivity (Wildman–Crippen MR) is 89.5 cm³/mol. The van der Waals surface area contributed by atoms with Crippen LogP contribution in [0.25, 0.3) is 0 Å². The Bertz CT molecular complexity index is 410. The van der Waals surface area contributed by atoms with Gasteiger partial charge >= 0.3 is 0 Å². The fourth-order valence-electron chi connectivity index (χ4n) is 3.93. The van der Waals surface area contributed by atoms with Gasteiger partial charge in [-0.1, -0.05) is 0 Å². The fourth-order valence-corrected chi connectivity index (χ4v) is 8.28. The lowest BCUT2D eigenvalue weighted by Gasteiger charge is -2.51. The van der Waals surface area contributed by atoms with E-state index in [1.807, 2.05) is 0 Å². The molecule has 0 amide bonds. The summed E-state index contributed by atoms with van der Waals surface area (Å²) >= 11 is 6.20. The van der Waals surface area contributed by atoms with Gasteiger partial charge in [-0.25, -0.2) is 9.34 Å². The van der Waals surface area contributed by atoms with Crippen molar-refractivity contribution < 1.29 is 0 Å². The van der Waals surface area contributed by atoms with Gasteiger partial charge in [0, 0.05) is 43.3 Å². The van der Waals surface area contributed by atoms with Crippen LogP contribution >= 0.6 is 6.49 Å². The molecule has 0 spiro atoms. The molecule has 3 aliphatic heterocycles. The van der Waals surface area contributed by atoms with Crippen LogP contribution in [0.1, 0.15) is 40.5 Å². The second kappa shape index (κ2) is 4.74. The van der Waals surface area contributed by atoms with E-state index in [2.05, 4.69) is 54.1 Å². The SMILES string of the molecule is CN(C1CC(C)(C)NC(C)(C)C1)P(=S)(N1CC1)N1CC1. The van der Waals surface area contributed by atoms with Crippen LogP contribution < -0.4 is 5.32 Å². The van der Waals surface area contributed by atoms with Crippen LogP contribution in [0.15, 0.2) is 0 Å². The first-order valence-corrected chi connectivity index (χ1v) is 10.4. The third kappa shape index (κ3) is 2.86. The minimum atomic E-state index is -1.61. The lowest BCUT2D eigenvalue weighted by Crippen LogP contribution is -2.61. The van der Waals surface area contributed by atoms with E-state index in [1.54, 1.807) is 0 Å². The topological polar surface area (TPSA) is 21.3 Å². The van der Waals surface area contributed by atoms with Gasteiger partial charge in [0.15, 0.2) is 0 Å². The van der Waals surface area contributed by atoms with Crippen LogP contribution in [0.3, 0.4) is 0 Å². The Labute approximate surface area is 129 Å². The molecule has 0 aromatic carbocycles. The highest BCUT2D eigenvalue weighted by molar-refractivity contribution is 8.11. The highest BCUT2D eigenvalue weighted by atomic mass is 32.4. The summed E-state index contributed by atoms with van der Waals surface area (Å²) < 4.78 is 7.67. The largest absolute Gasteiger partial charge is 0.307 e. The molecule has 0 radical (unpaired) electrons. The van der Waals surface area contributed by atoms with Crippen molar-refractivity contribution in [3.05, 3.63) is 0 Å². The average molecular weight is 316 g/mol. The maximum absolute atomic E-state index is 6.20. The number of hydrogen-bond acceptors (Lipinski definition) is 2. The van der Waals surface area contributed by atoms with Gasteiger partial charge in [-0.05, 0) is 59.4 Å². The summed E-state index contributed by atoms with van der Waals surface area (Å²) in [7, 11) is 2.29. The van der Waals surface area contributed by atoms with E-state index in [4.69, 9.17) is 11.8 Å². The first-order valence-electron chi connectivity index (χ1n) is 7.78. The molecule has 3 fully saturated rings. The van der Waals surface area contributed by atoms with E-state index in [-0.39, 0.29) is 11.1 Å². The lowest BCUT2D eigenvalue weighted by molar-refractivity contribution is 0.117. The zero-order valence-corrected chi connectivity index (χ0v) is 15.2. The van der Waals surface area contributed by atoms with Crippen molar-refractivity contribution in [3.63, 3.8) is 0 Å². The van der Waals surface area contributed by atoms with E-state index in [1.165, 1.54) is 39.0 Å². The van der Waals surface area contributed by atoms with Gasteiger partial charge in [0.25, 0.3) is 0 Å². The Morgan fingerprint density at radius 1 is 1.00 bits per heavy atom. The molecule has 0 saturated carbocycles. The molecule has 20 heavy (non-hydrogen) atoms. The third-order valence-corrected chi connectivity index (χ3v) is 10.3. The summed E-state index contributed by atoms with van der Waals surface area (Å²) in [4.78, 5) is 0. The van der Waals surface area contributed by atoms with Crippen LogP contribution in [0.4, 0.5) is 0 Å². The van der Waals surface area contributed by atoms with Gasteiger partial charge in [-0.2, -0.15) is 0 Å². The van der Waals surface area contributed by atoms with E-state index in [0.29, 0.717) is 6.04 Å². The minimum absolute atomic E-state index is 0.193. The van der Waals surface area contributed by atoms with Crippen molar-refractivity contribution >= 4 is 18.3 Å². The summed E-state index contributed by atoms with van der Waals surface area (Å²) in [5.74, 6) is 0. The number of hydrogen-bond donors (Lipinski definition) is 1. The quantitative estimate of drug-likeness (QED) is 0.631. The second-order valence-electron chi connectivity index (χ2n) is 7.95. The summed E-state index contributed by atoms with van der Waals surface area (Å²) in [5, 5.41) is 3.78. The van der Waals surface area contributed by atoms with Gasteiger partial charge in [0.2, 0.25) is 0 Å². The van der Waals surface area contributed by atoms with Gasteiger partial charge in [-0.15, -0.1) is 0 Å². The van der Waals surface area contributed by atoms with Gasteiger partial charge in [0.1, 0.15) is 6.49 Å². The van der Waals surface area contributed by atoms with Gasteiger partial charge in [0.05, 0.1) is 0 Å². The molecule has 3 aliphatic rings. The molecule has 6 heteroatoms. The third-order valence-electron chi connectivity index (χ3n) is 4.69. The first kappa shape index (κ1) is 15.4. The Balaban J connectivity index is 1.82. The van der Waals surface area contributed by atoms with Crippen molar-refractivity contribution in [1.82, 2.24) is 19.3 Å². The predicted octanol–water partition coefficient (Wildman–Crippen LogP) is 2.08. The Morgan fingerprint density at radius 2 is 1.40 bits per heavy atom. The number of piperidine rings is 1. The maximum atomic E-state index is 6.20. The summed E-state index contributed by atoms with van der Waals surface area (Å²) in [6.45, 7) is 12.5. The van der Waals surface area contributed by atoms with Crippen LogP contribution in [0.5, 0.6) is 0 Å². The molecule has 3 saturated heterocycles. The highest BCUT2D eigenvalue weighted by Gasteiger charge is 2.50. The molecular formula is C14H29N4PS. The molecule has 116 valence electrons. The van der Waals surface area contributed by atoms with Crippen molar-refractivity contribution in [2.24, 2.45) is 0 Å². The van der Waals surface area contributed by atoms with Crippen molar-refractivity contribution in [2.75, 3.05) is 33.2 Å². The number of rotatable bonds is 4. The molecule has 0 aromatic rings. The summed E-state index contributed by atoms with van der Waals surface area (Å²) in [5.41, 5.74) is 0.386. The molecule has 0 unspecified atom stereocenters. The zero-order chi connectivity index (χ0) is 14.8. The van der Waals surface area contributed by atoms with Crippen LogP contribution in [-0.2, 0) is 11.8 Å². The van der Waals surface area contributed by atoms with E-state index >= 15 is 0 Å². The molecule has 0 atom stereocenters. The first-order chi connectivity index (χ1) is 9.14. The smallest absolute Gasteiger partial charge is 0.145 e. The summed E-state index contributed by atoms with van der Waals surface area (Å²) in [6, 6.07) is 0.591. The molecule has 3 rings (SSSR count). The molecular weight excluding hydrogens is 287 g/mol. The van der Waals surface area contributed by atoms with Gasteiger partial charge in [-0.3, -0.25) is 4.67 Å². The molecule has 1 N–H and O–H groups in total. The Morgan fingerprint density at radius 3 is 1.75 bits per heavy atom. The van der Waals surface area contributed by atoms with Crippen molar-refractivity contribution in [1.29, 1.82) is 0 Å². The molecule has 0 aromatic heterocycles. The van der Waals surface area contributed by atoms with Crippen LogP contribution in [0, 0.1) is 0 Å². The fraction of sp³-hybridized carbons (Fsp3) is 1.00. The number of nitrogens with one attached hydrogen (secondary N) is 1. The van der Waals surface area contributed by atoms with E-state index in [0.717, 1.165) is 0 Å². The summed E-state index contributed by atoms with van der Waals surface area (Å²) in [6.07, 6.45) is 2.38. The molecule has 3 heterocycles. The van der Waals surface area contributed by atoms with Crippen molar-refractivity contribution in [2.45, 2.75) is 57.7 Å². The molecule has 0 bridgehead atoms. The monoisotopic (exact) mass is 316 g/mol. The molecule has 0 aliphatic carbocycles.